The number of anilines is 1. The maximum Gasteiger partial charge on any atom is 0.234 e. The summed E-state index contributed by atoms with van der Waals surface area (Å²) in [5, 5.41) is 12.9. The maximum atomic E-state index is 12.3. The molecular formula is C19H20N4O2S. The minimum absolute atomic E-state index is 0.164. The van der Waals surface area contributed by atoms with Crippen molar-refractivity contribution in [1.82, 2.24) is 9.88 Å². The van der Waals surface area contributed by atoms with Crippen LogP contribution in [0.15, 0.2) is 35.4 Å². The molecule has 26 heavy (non-hydrogen) atoms. The van der Waals surface area contributed by atoms with Gasteiger partial charge < -0.3 is 15.0 Å². The second-order valence-corrected chi connectivity index (χ2v) is 7.05. The smallest absolute Gasteiger partial charge is 0.234 e. The van der Waals surface area contributed by atoms with Crippen molar-refractivity contribution in [3.8, 4) is 11.8 Å². The molecule has 3 rings (SSSR count). The van der Waals surface area contributed by atoms with Crippen LogP contribution in [-0.4, -0.2) is 42.2 Å². The molecule has 1 N–H and O–H groups in total. The number of rotatable bonds is 5. The SMILES string of the molecule is COc1ccccc1NC(=O)CSc1nc2c(cc1C#N)CN(C)CC2. The largest absolute Gasteiger partial charge is 0.495 e. The van der Waals surface area contributed by atoms with E-state index in [1.54, 1.807) is 19.2 Å². The molecule has 0 fully saturated rings. The highest BCUT2D eigenvalue weighted by molar-refractivity contribution is 8.00. The number of aromatic nitrogens is 1. The Morgan fingerprint density at radius 1 is 1.46 bits per heavy atom. The topological polar surface area (TPSA) is 78.2 Å². The summed E-state index contributed by atoms with van der Waals surface area (Å²) in [6.45, 7) is 1.75. The molecule has 1 amide bonds. The van der Waals surface area contributed by atoms with E-state index < -0.39 is 0 Å². The van der Waals surface area contributed by atoms with Gasteiger partial charge in [-0.1, -0.05) is 23.9 Å². The predicted octanol–water partition coefficient (Wildman–Crippen LogP) is 2.68. The van der Waals surface area contributed by atoms with Crippen LogP contribution >= 0.6 is 11.8 Å². The molecule has 0 atom stereocenters. The Hall–Kier alpha value is -2.56. The van der Waals surface area contributed by atoms with Gasteiger partial charge in [-0.2, -0.15) is 5.26 Å². The third-order valence-electron chi connectivity index (χ3n) is 4.17. The maximum absolute atomic E-state index is 12.3. The number of nitriles is 1. The zero-order valence-electron chi connectivity index (χ0n) is 14.8. The molecule has 1 aromatic heterocycles. The van der Waals surface area contributed by atoms with E-state index >= 15 is 0 Å². The van der Waals surface area contributed by atoms with Gasteiger partial charge in [0, 0.05) is 25.2 Å². The van der Waals surface area contributed by atoms with Gasteiger partial charge in [0.1, 0.15) is 16.8 Å². The molecule has 0 radical (unpaired) electrons. The molecule has 0 saturated heterocycles. The van der Waals surface area contributed by atoms with Crippen molar-refractivity contribution in [1.29, 1.82) is 5.26 Å². The van der Waals surface area contributed by atoms with E-state index in [4.69, 9.17) is 4.74 Å². The van der Waals surface area contributed by atoms with Gasteiger partial charge >= 0.3 is 0 Å². The van der Waals surface area contributed by atoms with Crippen LogP contribution in [-0.2, 0) is 17.8 Å². The number of fused-ring (bicyclic) bond motifs is 1. The fourth-order valence-corrected chi connectivity index (χ4v) is 3.63. The van der Waals surface area contributed by atoms with E-state index in [0.717, 1.165) is 30.8 Å². The van der Waals surface area contributed by atoms with E-state index in [9.17, 15) is 10.1 Å². The lowest BCUT2D eigenvalue weighted by Gasteiger charge is -2.24. The first-order valence-corrected chi connectivity index (χ1v) is 9.26. The molecular weight excluding hydrogens is 348 g/mol. The number of nitrogens with one attached hydrogen (secondary N) is 1. The fraction of sp³-hybridized carbons (Fsp3) is 0.316. The molecule has 1 aliphatic heterocycles. The average molecular weight is 368 g/mol. The number of hydrogen-bond acceptors (Lipinski definition) is 6. The Morgan fingerprint density at radius 2 is 2.27 bits per heavy atom. The van der Waals surface area contributed by atoms with Crippen molar-refractivity contribution < 1.29 is 9.53 Å². The minimum Gasteiger partial charge on any atom is -0.495 e. The van der Waals surface area contributed by atoms with Crippen LogP contribution in [0.5, 0.6) is 5.75 Å². The molecule has 0 unspecified atom stereocenters. The van der Waals surface area contributed by atoms with Crippen molar-refractivity contribution in [3.05, 3.63) is 47.2 Å². The minimum atomic E-state index is -0.164. The standard InChI is InChI=1S/C19H20N4O2S/c1-23-8-7-15-14(11-23)9-13(10-20)19(22-15)26-12-18(24)21-16-5-3-4-6-17(16)25-2/h3-6,9H,7-8,11-12H2,1-2H3,(H,21,24). The number of thioether (sulfide) groups is 1. The molecule has 0 saturated carbocycles. The van der Waals surface area contributed by atoms with Gasteiger partial charge in [-0.15, -0.1) is 0 Å². The average Bonchev–Trinajstić information content (AvgIpc) is 2.66. The zero-order valence-corrected chi connectivity index (χ0v) is 15.6. The van der Waals surface area contributed by atoms with Crippen molar-refractivity contribution in [3.63, 3.8) is 0 Å². The number of methoxy groups -OCH3 is 1. The summed E-state index contributed by atoms with van der Waals surface area (Å²) in [5.74, 6) is 0.625. The highest BCUT2D eigenvalue weighted by Gasteiger charge is 2.18. The normalized spacial score (nSPS) is 13.6. The first kappa shape index (κ1) is 18.2. The van der Waals surface area contributed by atoms with Gasteiger partial charge in [-0.3, -0.25) is 4.79 Å². The highest BCUT2D eigenvalue weighted by Crippen LogP contribution is 2.27. The lowest BCUT2D eigenvalue weighted by atomic mass is 10.0. The van der Waals surface area contributed by atoms with Crippen molar-refractivity contribution in [2.24, 2.45) is 0 Å². The summed E-state index contributed by atoms with van der Waals surface area (Å²) in [4.78, 5) is 19.1. The van der Waals surface area contributed by atoms with Crippen molar-refractivity contribution in [2.75, 3.05) is 31.8 Å². The quantitative estimate of drug-likeness (QED) is 0.818. The molecule has 2 heterocycles. The molecule has 0 bridgehead atoms. The summed E-state index contributed by atoms with van der Waals surface area (Å²) < 4.78 is 5.24. The van der Waals surface area contributed by atoms with Crippen LogP contribution in [0.3, 0.4) is 0 Å². The summed E-state index contributed by atoms with van der Waals surface area (Å²) in [7, 11) is 3.62. The molecule has 134 valence electrons. The molecule has 7 heteroatoms. The summed E-state index contributed by atoms with van der Waals surface area (Å²) in [6, 6.07) is 11.4. The third kappa shape index (κ3) is 4.15. The molecule has 2 aromatic rings. The number of para-hydroxylation sites is 2. The van der Waals surface area contributed by atoms with Crippen LogP contribution in [0.25, 0.3) is 0 Å². The Kier molecular flexibility index (Phi) is 5.76. The number of ether oxygens (including phenoxy) is 1. The number of amides is 1. The third-order valence-corrected chi connectivity index (χ3v) is 5.16. The van der Waals surface area contributed by atoms with Gasteiger partial charge in [0.15, 0.2) is 0 Å². The zero-order chi connectivity index (χ0) is 18.5. The summed E-state index contributed by atoms with van der Waals surface area (Å²) in [5.41, 5.74) is 3.27. The van der Waals surface area contributed by atoms with Crippen LogP contribution in [0.2, 0.25) is 0 Å². The molecule has 1 aliphatic rings. The predicted molar refractivity (Wildman–Crippen MR) is 101 cm³/mol. The lowest BCUT2D eigenvalue weighted by molar-refractivity contribution is -0.113. The second-order valence-electron chi connectivity index (χ2n) is 6.08. The van der Waals surface area contributed by atoms with E-state index in [1.807, 2.05) is 18.2 Å². The summed E-state index contributed by atoms with van der Waals surface area (Å²) >= 11 is 1.29. The van der Waals surface area contributed by atoms with Crippen LogP contribution in [0, 0.1) is 11.3 Å². The number of carbonyl (C=O) groups excluding carboxylic acids is 1. The van der Waals surface area contributed by atoms with E-state index in [-0.39, 0.29) is 11.7 Å². The summed E-state index contributed by atoms with van der Waals surface area (Å²) in [6.07, 6.45) is 0.860. The monoisotopic (exact) mass is 368 g/mol. The Balaban J connectivity index is 1.69. The number of benzene rings is 1. The Morgan fingerprint density at radius 3 is 3.04 bits per heavy atom. The van der Waals surface area contributed by atoms with Crippen molar-refractivity contribution >= 4 is 23.4 Å². The van der Waals surface area contributed by atoms with E-state index in [0.29, 0.717) is 22.0 Å². The van der Waals surface area contributed by atoms with E-state index in [1.165, 1.54) is 11.8 Å². The van der Waals surface area contributed by atoms with Crippen LogP contribution < -0.4 is 10.1 Å². The highest BCUT2D eigenvalue weighted by atomic mass is 32.2. The molecule has 1 aromatic carbocycles. The molecule has 6 nitrogen and oxygen atoms in total. The molecule has 0 spiro atoms. The van der Waals surface area contributed by atoms with Crippen LogP contribution in [0.1, 0.15) is 16.8 Å². The first-order chi connectivity index (χ1) is 12.6. The second kappa shape index (κ2) is 8.21. The lowest BCUT2D eigenvalue weighted by Crippen LogP contribution is -2.27. The Labute approximate surface area is 157 Å². The number of hydrogen-bond donors (Lipinski definition) is 1. The van der Waals surface area contributed by atoms with Gasteiger partial charge in [0.2, 0.25) is 5.91 Å². The van der Waals surface area contributed by atoms with Crippen LogP contribution in [0.4, 0.5) is 5.69 Å². The number of nitrogens with zero attached hydrogens (tertiary/aromatic N) is 3. The number of pyridine rings is 1. The number of likely N-dealkylation sites (N-methyl/N-ethyl adjacent to an activating group) is 1. The Bertz CT molecular complexity index is 863. The van der Waals surface area contributed by atoms with Gasteiger partial charge in [-0.05, 0) is 30.8 Å². The molecule has 0 aliphatic carbocycles. The number of carbonyl (C=O) groups is 1. The van der Waals surface area contributed by atoms with Gasteiger partial charge in [-0.25, -0.2) is 4.98 Å². The van der Waals surface area contributed by atoms with E-state index in [2.05, 4.69) is 28.3 Å². The first-order valence-electron chi connectivity index (χ1n) is 8.28. The van der Waals surface area contributed by atoms with Crippen molar-refractivity contribution in [2.45, 2.75) is 18.0 Å². The van der Waals surface area contributed by atoms with Gasteiger partial charge in [0.25, 0.3) is 0 Å². The van der Waals surface area contributed by atoms with Gasteiger partial charge in [0.05, 0.1) is 24.1 Å². The fourth-order valence-electron chi connectivity index (χ4n) is 2.85.